The van der Waals surface area contributed by atoms with Crippen molar-refractivity contribution in [3.8, 4) is 0 Å². The molecule has 0 aromatic carbocycles. The van der Waals surface area contributed by atoms with E-state index >= 15 is 0 Å². The second-order valence-corrected chi connectivity index (χ2v) is 8.28. The fourth-order valence-corrected chi connectivity index (χ4v) is 6.39. The molecule has 0 aliphatic heterocycles. The molecule has 5 unspecified atom stereocenters. The predicted octanol–water partition coefficient (Wildman–Crippen LogP) is 3.08. The van der Waals surface area contributed by atoms with E-state index in [-0.39, 0.29) is 29.6 Å². The third kappa shape index (κ3) is 1.98. The number of aliphatic hydroxyl groups excluding tert-OH is 1. The van der Waals surface area contributed by atoms with Gasteiger partial charge in [-0.1, -0.05) is 18.1 Å². The number of allylic oxidation sites excluding steroid dienone is 4. The number of ketones is 2. The van der Waals surface area contributed by atoms with Crippen molar-refractivity contribution in [2.24, 2.45) is 35.0 Å². The fourth-order valence-electron chi connectivity index (χ4n) is 6.39. The van der Waals surface area contributed by atoms with Gasteiger partial charge in [-0.15, -0.1) is 0 Å². The van der Waals surface area contributed by atoms with Crippen LogP contribution >= 0.6 is 0 Å². The Morgan fingerprint density at radius 1 is 1.22 bits per heavy atom. The van der Waals surface area contributed by atoms with Gasteiger partial charge in [0.2, 0.25) is 0 Å². The summed E-state index contributed by atoms with van der Waals surface area (Å²) in [7, 11) is 0. The summed E-state index contributed by atoms with van der Waals surface area (Å²) in [4.78, 5) is 24.3. The molecule has 3 nitrogen and oxygen atoms in total. The minimum atomic E-state index is -0.0204. The highest BCUT2D eigenvalue weighted by Crippen LogP contribution is 2.62. The van der Waals surface area contributed by atoms with Crippen molar-refractivity contribution in [1.29, 1.82) is 0 Å². The van der Waals surface area contributed by atoms with Crippen LogP contribution in [-0.2, 0) is 9.59 Å². The van der Waals surface area contributed by atoms with Gasteiger partial charge < -0.3 is 5.11 Å². The average Bonchev–Trinajstić information content (AvgIpc) is 2.85. The Morgan fingerprint density at radius 3 is 2.74 bits per heavy atom. The minimum Gasteiger partial charge on any atom is -0.396 e. The quantitative estimate of drug-likeness (QED) is 0.809. The monoisotopic (exact) mass is 314 g/mol. The predicted molar refractivity (Wildman–Crippen MR) is 87.6 cm³/mol. The Bertz CT molecular complexity index is 629. The van der Waals surface area contributed by atoms with Crippen LogP contribution in [0.5, 0.6) is 0 Å². The van der Waals surface area contributed by atoms with Crippen LogP contribution in [0.3, 0.4) is 0 Å². The van der Waals surface area contributed by atoms with Gasteiger partial charge in [0.15, 0.2) is 5.78 Å². The molecule has 0 amide bonds. The normalized spacial score (nSPS) is 45.8. The molecule has 0 bridgehead atoms. The first-order chi connectivity index (χ1) is 11.0. The highest BCUT2D eigenvalue weighted by Gasteiger charge is 2.57. The van der Waals surface area contributed by atoms with Gasteiger partial charge in [-0.25, -0.2) is 0 Å². The van der Waals surface area contributed by atoms with Crippen LogP contribution in [0, 0.1) is 35.0 Å². The lowest BCUT2D eigenvalue weighted by Gasteiger charge is -2.55. The molecule has 0 spiro atoms. The number of rotatable bonds is 1. The van der Waals surface area contributed by atoms with Gasteiger partial charge in [0.1, 0.15) is 5.78 Å². The summed E-state index contributed by atoms with van der Waals surface area (Å²) < 4.78 is 0. The summed E-state index contributed by atoms with van der Waals surface area (Å²) >= 11 is 0. The highest BCUT2D eigenvalue weighted by molar-refractivity contribution is 6.02. The molecule has 0 aromatic heterocycles. The molecule has 0 saturated heterocycles. The van der Waals surface area contributed by atoms with Crippen molar-refractivity contribution in [1.82, 2.24) is 0 Å². The maximum Gasteiger partial charge on any atom is 0.178 e. The van der Waals surface area contributed by atoms with Crippen molar-refractivity contribution in [3.05, 3.63) is 23.3 Å². The zero-order valence-electron chi connectivity index (χ0n) is 14.0. The first kappa shape index (κ1) is 15.3. The molecule has 23 heavy (non-hydrogen) atoms. The standard InChI is InChI=1S/C20H26O3/c1-11-7-14(22)9-13-3-4-15-17(20(11,13)2)6-5-16-18(23)8-12(10-21)19(15)16/h7,9,12,15-17,19,21H,3-6,8,10H2,1-2H3/t12-,15?,16?,17?,19?,20?/m1/s1. The Balaban J connectivity index is 1.73. The van der Waals surface area contributed by atoms with Gasteiger partial charge in [-0.05, 0) is 68.4 Å². The molecule has 4 rings (SSSR count). The van der Waals surface area contributed by atoms with E-state index in [1.807, 2.05) is 6.08 Å². The molecule has 124 valence electrons. The molecule has 0 aromatic rings. The highest BCUT2D eigenvalue weighted by atomic mass is 16.3. The van der Waals surface area contributed by atoms with Crippen LogP contribution in [0.4, 0.5) is 0 Å². The largest absolute Gasteiger partial charge is 0.396 e. The summed E-state index contributed by atoms with van der Waals surface area (Å²) in [6.07, 6.45) is 8.30. The van der Waals surface area contributed by atoms with Crippen LogP contribution in [0.15, 0.2) is 23.3 Å². The maximum atomic E-state index is 12.3. The van der Waals surface area contributed by atoms with E-state index in [4.69, 9.17) is 0 Å². The molecule has 3 fully saturated rings. The van der Waals surface area contributed by atoms with Gasteiger partial charge in [-0.2, -0.15) is 0 Å². The SMILES string of the molecule is CC1=CC(=O)C=C2CCC3C4C(CCC3C12C)C(=O)C[C@@H]4CO. The summed E-state index contributed by atoms with van der Waals surface area (Å²) in [6, 6.07) is 0. The van der Waals surface area contributed by atoms with Crippen molar-refractivity contribution < 1.29 is 14.7 Å². The fraction of sp³-hybridized carbons (Fsp3) is 0.700. The van der Waals surface area contributed by atoms with E-state index in [1.165, 1.54) is 11.1 Å². The number of hydrogen-bond acceptors (Lipinski definition) is 3. The molecule has 6 atom stereocenters. The minimum absolute atomic E-state index is 0.0204. The second kappa shape index (κ2) is 5.14. The Morgan fingerprint density at radius 2 is 2.00 bits per heavy atom. The molecule has 3 saturated carbocycles. The van der Waals surface area contributed by atoms with E-state index in [0.717, 1.165) is 25.7 Å². The van der Waals surface area contributed by atoms with Crippen LogP contribution in [0.2, 0.25) is 0 Å². The summed E-state index contributed by atoms with van der Waals surface area (Å²) in [5.41, 5.74) is 2.47. The number of Topliss-reactive ketones (excluding diaryl/α,β-unsaturated/α-hetero) is 1. The van der Waals surface area contributed by atoms with E-state index < -0.39 is 0 Å². The topological polar surface area (TPSA) is 54.4 Å². The first-order valence-electron chi connectivity index (χ1n) is 9.04. The lowest BCUT2D eigenvalue weighted by atomic mass is 9.49. The van der Waals surface area contributed by atoms with Gasteiger partial charge in [0.25, 0.3) is 0 Å². The summed E-state index contributed by atoms with van der Waals surface area (Å²) in [6.45, 7) is 4.55. The van der Waals surface area contributed by atoms with E-state index in [0.29, 0.717) is 30.0 Å². The van der Waals surface area contributed by atoms with Gasteiger partial charge >= 0.3 is 0 Å². The second-order valence-electron chi connectivity index (χ2n) is 8.28. The van der Waals surface area contributed by atoms with Gasteiger partial charge in [-0.3, -0.25) is 9.59 Å². The Kier molecular flexibility index (Phi) is 3.42. The molecule has 4 aliphatic carbocycles. The van der Waals surface area contributed by atoms with Crippen molar-refractivity contribution in [2.75, 3.05) is 6.61 Å². The lowest BCUT2D eigenvalue weighted by molar-refractivity contribution is -0.123. The zero-order chi connectivity index (χ0) is 16.4. The maximum absolute atomic E-state index is 12.3. The van der Waals surface area contributed by atoms with E-state index in [9.17, 15) is 14.7 Å². The van der Waals surface area contributed by atoms with Crippen molar-refractivity contribution >= 4 is 11.6 Å². The first-order valence-corrected chi connectivity index (χ1v) is 9.04. The average molecular weight is 314 g/mol. The van der Waals surface area contributed by atoms with Crippen molar-refractivity contribution in [3.63, 3.8) is 0 Å². The van der Waals surface area contributed by atoms with Crippen LogP contribution < -0.4 is 0 Å². The molecular formula is C20H26O3. The Hall–Kier alpha value is -1.22. The molecule has 3 heteroatoms. The molecule has 4 aliphatic rings. The molecular weight excluding hydrogens is 288 g/mol. The van der Waals surface area contributed by atoms with Crippen LogP contribution in [0.1, 0.15) is 46.0 Å². The van der Waals surface area contributed by atoms with Crippen LogP contribution in [-0.4, -0.2) is 23.3 Å². The number of carbonyl (C=O) groups excluding carboxylic acids is 2. The molecule has 0 heterocycles. The number of hydrogen-bond donors (Lipinski definition) is 1. The third-order valence-electron chi connectivity index (χ3n) is 7.57. The van der Waals surface area contributed by atoms with E-state index in [2.05, 4.69) is 13.8 Å². The zero-order valence-corrected chi connectivity index (χ0v) is 14.0. The van der Waals surface area contributed by atoms with E-state index in [1.54, 1.807) is 6.08 Å². The molecule has 1 N–H and O–H groups in total. The van der Waals surface area contributed by atoms with Gasteiger partial charge in [0.05, 0.1) is 0 Å². The summed E-state index contributed by atoms with van der Waals surface area (Å²) in [5.74, 6) is 2.22. The number of fused-ring (bicyclic) bond motifs is 5. The smallest absolute Gasteiger partial charge is 0.178 e. The lowest BCUT2D eigenvalue weighted by Crippen LogP contribution is -2.49. The number of aliphatic hydroxyl groups is 1. The van der Waals surface area contributed by atoms with Gasteiger partial charge in [0, 0.05) is 24.4 Å². The number of carbonyl (C=O) groups is 2. The molecule has 0 radical (unpaired) electrons. The Labute approximate surface area is 137 Å². The van der Waals surface area contributed by atoms with Crippen molar-refractivity contribution in [2.45, 2.75) is 46.0 Å². The summed E-state index contributed by atoms with van der Waals surface area (Å²) in [5, 5.41) is 9.78. The third-order valence-corrected chi connectivity index (χ3v) is 7.57. The van der Waals surface area contributed by atoms with Crippen LogP contribution in [0.25, 0.3) is 0 Å².